The molecule has 55 heavy (non-hydrogen) atoms. The van der Waals surface area contributed by atoms with E-state index in [1.165, 1.54) is 16.2 Å². The summed E-state index contributed by atoms with van der Waals surface area (Å²) in [6.07, 6.45) is -3.56. The van der Waals surface area contributed by atoms with Gasteiger partial charge in [-0.3, -0.25) is 28.8 Å². The van der Waals surface area contributed by atoms with Crippen LogP contribution in [0.4, 0.5) is 4.39 Å². The second kappa shape index (κ2) is 15.7. The lowest BCUT2D eigenvalue weighted by molar-refractivity contribution is -0.145. The Balaban J connectivity index is 1.12. The molecule has 4 fully saturated rings. The van der Waals surface area contributed by atoms with Gasteiger partial charge in [0, 0.05) is 32.0 Å². The number of carbonyl (C=O) groups excluding carboxylic acids is 6. The van der Waals surface area contributed by atoms with Crippen molar-refractivity contribution in [3.05, 3.63) is 41.0 Å². The van der Waals surface area contributed by atoms with E-state index in [-0.39, 0.29) is 57.5 Å². The molecular weight excluding hydrogens is 736 g/mol. The minimum atomic E-state index is -2.02. The summed E-state index contributed by atoms with van der Waals surface area (Å²) in [6, 6.07) is 4.03. The van der Waals surface area contributed by atoms with Gasteiger partial charge in [-0.2, -0.15) is 0 Å². The number of carbonyl (C=O) groups is 6. The molecule has 1 aromatic heterocycles. The number of alkyl halides is 1. The lowest BCUT2D eigenvalue weighted by Gasteiger charge is -2.36. The molecule has 3 saturated carbocycles. The van der Waals surface area contributed by atoms with Gasteiger partial charge in [0.25, 0.3) is 5.91 Å². The van der Waals surface area contributed by atoms with Crippen molar-refractivity contribution >= 4 is 46.7 Å². The molecule has 1 aromatic carbocycles. The average molecular weight is 785 g/mol. The number of aromatic nitrogens is 1. The number of fused-ring (bicyclic) bond motifs is 2. The first-order valence-electron chi connectivity index (χ1n) is 18.6. The summed E-state index contributed by atoms with van der Waals surface area (Å²) in [5, 5.41) is 41.7. The van der Waals surface area contributed by atoms with Crippen molar-refractivity contribution in [1.29, 1.82) is 0 Å². The van der Waals surface area contributed by atoms with Crippen LogP contribution in [0.5, 0.6) is 0 Å². The molecule has 5 amide bonds. The molecule has 2 heterocycles. The maximum Gasteiger partial charge on any atom is 0.258 e. The lowest BCUT2D eigenvalue weighted by Crippen LogP contribution is -2.59. The first-order valence-corrected chi connectivity index (χ1v) is 19.5. The van der Waals surface area contributed by atoms with Crippen LogP contribution in [0.2, 0.25) is 0 Å². The van der Waals surface area contributed by atoms with Gasteiger partial charge in [0.05, 0.1) is 58.7 Å². The number of nitrogens with one attached hydrogen (secondary N) is 4. The summed E-state index contributed by atoms with van der Waals surface area (Å²) in [5.41, 5.74) is 1.17. The Morgan fingerprint density at radius 1 is 0.982 bits per heavy atom. The number of aliphatic hydroxyl groups is 3. The Morgan fingerprint density at radius 3 is 2.24 bits per heavy atom. The molecule has 3 unspecified atom stereocenters. The number of hydrogen-bond donors (Lipinski definition) is 7. The number of nitrogens with zero attached hydrogens (tertiary/aromatic N) is 2. The van der Waals surface area contributed by atoms with E-state index < -0.39 is 94.8 Å². The normalized spacial score (nSPS) is 27.7. The smallest absolute Gasteiger partial charge is 0.258 e. The van der Waals surface area contributed by atoms with E-state index in [1.54, 1.807) is 38.4 Å². The molecule has 17 heteroatoms. The summed E-state index contributed by atoms with van der Waals surface area (Å²) >= 11 is 1.47. The fourth-order valence-corrected chi connectivity index (χ4v) is 8.69. The molecule has 7 N–H and O–H groups in total. The van der Waals surface area contributed by atoms with E-state index in [4.69, 9.17) is 0 Å². The van der Waals surface area contributed by atoms with Crippen molar-refractivity contribution in [2.75, 3.05) is 19.6 Å². The summed E-state index contributed by atoms with van der Waals surface area (Å²) in [4.78, 5) is 85.6. The van der Waals surface area contributed by atoms with E-state index >= 15 is 0 Å². The van der Waals surface area contributed by atoms with Crippen LogP contribution in [-0.2, 0) is 28.8 Å². The van der Waals surface area contributed by atoms with Crippen LogP contribution in [0.25, 0.3) is 10.4 Å². The standard InChI is InChI=1S/C38H49FN6O9S/c1-18-31(55-17-42-18)20-7-5-19(6-8-20)24(15-26(47)40-11-12-41-33(51)22-14-23-28(48)27(22)30(50)29(23)49)43-34(52)25-13-21(46)16-45(25)35(53)32(37(2,3)4)44-36(54)38(39)9-10-38/h5-8,17,21-25,27,29-30,32,46,49-50H,9-16H2,1-4H3,(H,40,47)(H,41,51)(H,43,52)(H,44,54)/t21-,22+,23?,24+,25+,27?,29?,30+,32-/m1/s1. The highest BCUT2D eigenvalue weighted by Gasteiger charge is 2.60. The maximum absolute atomic E-state index is 14.6. The van der Waals surface area contributed by atoms with Crippen LogP contribution in [0.3, 0.4) is 0 Å². The Kier molecular flexibility index (Phi) is 11.5. The third kappa shape index (κ3) is 8.44. The second-order valence-corrected chi connectivity index (χ2v) is 17.1. The molecule has 6 rings (SSSR count). The van der Waals surface area contributed by atoms with Gasteiger partial charge in [0.1, 0.15) is 17.9 Å². The van der Waals surface area contributed by atoms with Crippen LogP contribution < -0.4 is 21.3 Å². The molecule has 0 spiro atoms. The van der Waals surface area contributed by atoms with Gasteiger partial charge < -0.3 is 41.5 Å². The first kappa shape index (κ1) is 40.3. The molecule has 298 valence electrons. The molecule has 2 bridgehead atoms. The predicted octanol–water partition coefficient (Wildman–Crippen LogP) is 0.450. The van der Waals surface area contributed by atoms with Crippen molar-refractivity contribution in [3.63, 3.8) is 0 Å². The number of aliphatic hydroxyl groups excluding tert-OH is 3. The zero-order valence-electron chi connectivity index (χ0n) is 31.2. The number of benzene rings is 1. The predicted molar refractivity (Wildman–Crippen MR) is 196 cm³/mol. The number of β-amino-alcohol motifs (C(OH)–C–C–N with tert-alkyl or cyclic N) is 1. The topological polar surface area (TPSA) is 227 Å². The first-order chi connectivity index (χ1) is 25.9. The number of amides is 5. The van der Waals surface area contributed by atoms with E-state index in [0.717, 1.165) is 16.1 Å². The van der Waals surface area contributed by atoms with Crippen LogP contribution >= 0.6 is 11.3 Å². The summed E-state index contributed by atoms with van der Waals surface area (Å²) in [7, 11) is 0. The highest BCUT2D eigenvalue weighted by molar-refractivity contribution is 7.13. The van der Waals surface area contributed by atoms with Gasteiger partial charge in [-0.25, -0.2) is 9.37 Å². The number of ketones is 1. The van der Waals surface area contributed by atoms with Crippen LogP contribution in [0.15, 0.2) is 29.8 Å². The number of Topliss-reactive ketones (excluding diaryl/α,β-unsaturated/α-hetero) is 1. The van der Waals surface area contributed by atoms with Gasteiger partial charge in [-0.05, 0) is 42.7 Å². The minimum absolute atomic E-state index is 0.0198. The lowest BCUT2D eigenvalue weighted by atomic mass is 9.84. The fourth-order valence-electron chi connectivity index (χ4n) is 7.88. The molecule has 1 saturated heterocycles. The summed E-state index contributed by atoms with van der Waals surface area (Å²) in [5.74, 6) is -5.88. The van der Waals surface area contributed by atoms with Crippen molar-refractivity contribution < 1.29 is 48.5 Å². The molecular formula is C38H49FN6O9S. The van der Waals surface area contributed by atoms with Gasteiger partial charge >= 0.3 is 0 Å². The number of halogens is 1. The Bertz CT molecular complexity index is 1830. The Hall–Kier alpha value is -4.32. The van der Waals surface area contributed by atoms with Crippen LogP contribution in [0, 0.1) is 30.1 Å². The highest BCUT2D eigenvalue weighted by atomic mass is 32.1. The van der Waals surface area contributed by atoms with E-state index in [1.807, 2.05) is 19.1 Å². The van der Waals surface area contributed by atoms with Gasteiger partial charge in [-0.1, -0.05) is 45.0 Å². The number of aryl methyl sites for hydroxylation is 1. The fraction of sp³-hybridized carbons (Fsp3) is 0.605. The molecule has 1 aliphatic heterocycles. The molecule has 9 atom stereocenters. The molecule has 4 aliphatic rings. The van der Waals surface area contributed by atoms with Crippen molar-refractivity contribution in [2.45, 2.75) is 102 Å². The number of rotatable bonds is 13. The Labute approximate surface area is 321 Å². The maximum atomic E-state index is 14.6. The van der Waals surface area contributed by atoms with E-state index in [0.29, 0.717) is 5.56 Å². The SMILES string of the molecule is Cc1ncsc1-c1ccc([C@H](CC(=O)NCCNC(=O)[C@H]2CC3C(=O)C2[C@H](O)C3O)NC(=O)[C@@H]2C[C@@H](O)CN2C(=O)[C@@H](NC(=O)C2(F)CC2)C(C)(C)C)cc1. The summed E-state index contributed by atoms with van der Waals surface area (Å²) in [6.45, 7) is 6.88. The average Bonchev–Trinajstić information content (AvgIpc) is 3.37. The molecule has 2 aromatic rings. The van der Waals surface area contributed by atoms with Crippen LogP contribution in [0.1, 0.15) is 70.2 Å². The van der Waals surface area contributed by atoms with Crippen molar-refractivity contribution in [3.8, 4) is 10.4 Å². The van der Waals surface area contributed by atoms with Gasteiger partial charge in [0.2, 0.25) is 23.6 Å². The zero-order chi connectivity index (χ0) is 40.0. The Morgan fingerprint density at radius 2 is 1.65 bits per heavy atom. The van der Waals surface area contributed by atoms with E-state index in [2.05, 4.69) is 26.3 Å². The molecule has 15 nitrogen and oxygen atoms in total. The number of thiazole rings is 1. The van der Waals surface area contributed by atoms with Gasteiger partial charge in [-0.15, -0.1) is 11.3 Å². The highest BCUT2D eigenvalue weighted by Crippen LogP contribution is 2.46. The number of likely N-dealkylation sites (tertiary alicyclic amines) is 1. The monoisotopic (exact) mass is 784 g/mol. The van der Waals surface area contributed by atoms with E-state index in [9.17, 15) is 48.5 Å². The number of hydrogen-bond acceptors (Lipinski definition) is 11. The van der Waals surface area contributed by atoms with Crippen molar-refractivity contribution in [2.24, 2.45) is 23.2 Å². The molecule has 3 aliphatic carbocycles. The van der Waals surface area contributed by atoms with Crippen LogP contribution in [-0.4, -0.2) is 116 Å². The van der Waals surface area contributed by atoms with Crippen molar-refractivity contribution in [1.82, 2.24) is 31.2 Å². The van der Waals surface area contributed by atoms with Gasteiger partial charge in [0.15, 0.2) is 5.67 Å². The minimum Gasteiger partial charge on any atom is -0.391 e. The third-order valence-corrected chi connectivity index (χ3v) is 12.2. The second-order valence-electron chi connectivity index (χ2n) is 16.3. The molecule has 0 radical (unpaired) electrons. The zero-order valence-corrected chi connectivity index (χ0v) is 32.0. The summed E-state index contributed by atoms with van der Waals surface area (Å²) < 4.78 is 14.6. The third-order valence-electron chi connectivity index (χ3n) is 11.2. The largest absolute Gasteiger partial charge is 0.391 e. The quantitative estimate of drug-likeness (QED) is 0.139.